The van der Waals surface area contributed by atoms with E-state index in [4.69, 9.17) is 18.9 Å². The molecule has 6 N–H and O–H groups in total. The van der Waals surface area contributed by atoms with Crippen molar-refractivity contribution in [3.8, 4) is 23.0 Å². The summed E-state index contributed by atoms with van der Waals surface area (Å²) in [5.41, 5.74) is -0.857. The second kappa shape index (κ2) is 19.2. The first-order chi connectivity index (χ1) is 27.7. The Morgan fingerprint density at radius 3 is 2.20 bits per heavy atom. The van der Waals surface area contributed by atoms with Gasteiger partial charge >= 0.3 is 11.9 Å². The van der Waals surface area contributed by atoms with Gasteiger partial charge in [0.05, 0.1) is 93.1 Å². The number of likely N-dealkylation sites (N-methyl/N-ethyl adjacent to an activating group) is 1. The topological polar surface area (TPSA) is 240 Å². The monoisotopic (exact) mass is 826 g/mol. The van der Waals surface area contributed by atoms with E-state index in [9.17, 15) is 45.1 Å². The molecule has 3 aliphatic rings. The predicted molar refractivity (Wildman–Crippen MR) is 220 cm³/mol. The van der Waals surface area contributed by atoms with Gasteiger partial charge in [0, 0.05) is 48.8 Å². The highest BCUT2D eigenvalue weighted by Crippen LogP contribution is 2.52. The fraction of sp³-hybridized carbons (Fsp3) is 0.524. The molecular weight excluding hydrogens is 768 g/mol. The Bertz CT molecular complexity index is 2020. The first-order valence-corrected chi connectivity index (χ1v) is 19.4. The van der Waals surface area contributed by atoms with Gasteiger partial charge in [0.2, 0.25) is 0 Å². The van der Waals surface area contributed by atoms with Gasteiger partial charge in [-0.25, -0.2) is 4.79 Å². The third-order valence-electron chi connectivity index (χ3n) is 11.4. The molecule has 8 unspecified atom stereocenters. The molecule has 1 saturated heterocycles. The molecule has 1 amide bonds. The first-order valence-electron chi connectivity index (χ1n) is 19.4. The van der Waals surface area contributed by atoms with E-state index < -0.39 is 98.8 Å². The summed E-state index contributed by atoms with van der Waals surface area (Å²) < 4.78 is 22.1. The van der Waals surface area contributed by atoms with Crippen LogP contribution in [-0.4, -0.2) is 131 Å². The van der Waals surface area contributed by atoms with E-state index in [1.165, 1.54) is 53.4 Å². The molecule has 0 aliphatic carbocycles. The number of hydrogen-bond donors (Lipinski definition) is 6. The molecule has 324 valence electrons. The lowest BCUT2D eigenvalue weighted by molar-refractivity contribution is -0.865. The molecule has 5 rings (SSSR count). The summed E-state index contributed by atoms with van der Waals surface area (Å²) in [6, 6.07) is 0. The highest BCUT2D eigenvalue weighted by Gasteiger charge is 2.39. The van der Waals surface area contributed by atoms with Crippen LogP contribution in [0.5, 0.6) is 23.0 Å². The molecule has 8 atom stereocenters. The SMILES string of the molecule is COc1c(C)c(O)c2c(O)c3c(/C=N/N4CC[N+](C)([O-])CC4)c(O)c2c1C(=O)O/C=C/C(OC)C(C)C(OC(C)=O)C(C)C(O)C(C)C(O)C(C)/C=C/C=C(/C)C(=O)N3. The Kier molecular flexibility index (Phi) is 15.2. The Morgan fingerprint density at radius 1 is 0.966 bits per heavy atom. The number of aliphatic hydroxyl groups excluding tert-OH is 2. The fourth-order valence-corrected chi connectivity index (χ4v) is 7.56. The van der Waals surface area contributed by atoms with Crippen LogP contribution in [0.4, 0.5) is 5.69 Å². The van der Waals surface area contributed by atoms with Gasteiger partial charge in [-0.15, -0.1) is 0 Å². The van der Waals surface area contributed by atoms with Gasteiger partial charge in [-0.1, -0.05) is 45.9 Å². The van der Waals surface area contributed by atoms with Crippen molar-refractivity contribution in [1.29, 1.82) is 0 Å². The number of nitrogens with zero attached hydrogens (tertiary/aromatic N) is 3. The van der Waals surface area contributed by atoms with Crippen LogP contribution in [0.2, 0.25) is 0 Å². The number of esters is 2. The summed E-state index contributed by atoms with van der Waals surface area (Å²) in [6.45, 7) is 11.9. The minimum Gasteiger partial charge on any atom is -0.633 e. The number of quaternary nitrogens is 1. The third kappa shape index (κ3) is 10.2. The van der Waals surface area contributed by atoms with Crippen LogP contribution < -0.4 is 10.1 Å². The van der Waals surface area contributed by atoms with Crippen LogP contribution in [-0.2, 0) is 23.8 Å². The third-order valence-corrected chi connectivity index (χ3v) is 11.4. The largest absolute Gasteiger partial charge is 0.633 e. The smallest absolute Gasteiger partial charge is 0.347 e. The molecule has 17 heteroatoms. The van der Waals surface area contributed by atoms with E-state index in [0.29, 0.717) is 0 Å². The lowest BCUT2D eigenvalue weighted by Gasteiger charge is -2.44. The van der Waals surface area contributed by atoms with E-state index in [-0.39, 0.29) is 59.7 Å². The van der Waals surface area contributed by atoms with Crippen molar-refractivity contribution in [3.05, 3.63) is 58.0 Å². The van der Waals surface area contributed by atoms with Gasteiger partial charge in [0.15, 0.2) is 5.75 Å². The lowest BCUT2D eigenvalue weighted by atomic mass is 9.78. The maximum Gasteiger partial charge on any atom is 0.347 e. The zero-order valence-electron chi connectivity index (χ0n) is 35.3. The number of carbonyl (C=O) groups is 3. The molecule has 4 bridgehead atoms. The number of amides is 1. The number of allylic oxidation sites excluding steroid dienone is 2. The Hall–Kier alpha value is -5.20. The number of fused-ring (bicyclic) bond motifs is 15. The number of rotatable bonds is 5. The standard InChI is InChI=1S/C42H58N4O13/c1-21-12-11-13-22(2)41(53)44-33-28(20-43-45-15-17-46(8,55)18-16-45)37(51)30-31(38(33)52)36(50)26(6)40(57-10)32(30)42(54)58-19-14-29(56-9)23(3)39(59-27(7)47)25(5)35(49)24(4)34(21)48/h11-14,19-21,23-25,29,34-35,39,48-52H,15-18H2,1-10H3,(H,44,53)/b12-11+,19-14+,22-13-,43-20+. The number of aromatic hydroxyl groups is 3. The number of benzene rings is 2. The van der Waals surface area contributed by atoms with Gasteiger partial charge in [0.25, 0.3) is 5.91 Å². The molecule has 0 aromatic heterocycles. The summed E-state index contributed by atoms with van der Waals surface area (Å²) in [7, 11) is 4.18. The number of hydrogen-bond acceptors (Lipinski definition) is 15. The summed E-state index contributed by atoms with van der Waals surface area (Å²) in [4.78, 5) is 40.1. The number of aliphatic hydroxyl groups is 2. The normalized spacial score (nSPS) is 29.4. The predicted octanol–water partition coefficient (Wildman–Crippen LogP) is 4.21. The summed E-state index contributed by atoms with van der Waals surface area (Å²) in [5.74, 6) is -7.18. The lowest BCUT2D eigenvalue weighted by Crippen LogP contribution is -2.52. The molecule has 0 spiro atoms. The molecule has 1 fully saturated rings. The van der Waals surface area contributed by atoms with Gasteiger partial charge in [-0.2, -0.15) is 5.10 Å². The minimum atomic E-state index is -1.16. The maximum absolute atomic E-state index is 14.1. The molecule has 0 radical (unpaired) electrons. The molecule has 2 aromatic carbocycles. The highest BCUT2D eigenvalue weighted by atomic mass is 16.6. The van der Waals surface area contributed by atoms with Crippen LogP contribution in [0.15, 0.2) is 41.2 Å². The molecule has 59 heavy (non-hydrogen) atoms. The molecule has 3 aliphatic heterocycles. The van der Waals surface area contributed by atoms with Crippen molar-refractivity contribution in [2.75, 3.05) is 52.8 Å². The maximum atomic E-state index is 14.1. The van der Waals surface area contributed by atoms with Crippen LogP contribution in [0.3, 0.4) is 0 Å². The van der Waals surface area contributed by atoms with Gasteiger partial charge in [-0.3, -0.25) is 14.6 Å². The number of ether oxygens (including phenoxy) is 4. The zero-order valence-corrected chi connectivity index (χ0v) is 35.3. The van der Waals surface area contributed by atoms with Crippen LogP contribution in [0.1, 0.15) is 63.0 Å². The number of hydrazone groups is 1. The Morgan fingerprint density at radius 2 is 1.61 bits per heavy atom. The van der Waals surface area contributed by atoms with Crippen molar-refractivity contribution in [2.45, 2.75) is 72.9 Å². The number of methoxy groups -OCH3 is 2. The number of piperazine rings is 1. The number of nitrogens with one attached hydrogen (secondary N) is 1. The van der Waals surface area contributed by atoms with Crippen molar-refractivity contribution < 1.29 is 63.5 Å². The van der Waals surface area contributed by atoms with Crippen LogP contribution in [0.25, 0.3) is 10.8 Å². The number of carbonyl (C=O) groups excluding carboxylic acids is 3. The molecule has 2 aromatic rings. The summed E-state index contributed by atoms with van der Waals surface area (Å²) >= 11 is 0. The van der Waals surface area contributed by atoms with Gasteiger partial charge in [-0.05, 0) is 19.9 Å². The van der Waals surface area contributed by atoms with E-state index in [0.717, 1.165) is 6.26 Å². The first kappa shape index (κ1) is 46.5. The number of phenolic OH excluding ortho intramolecular Hbond substituents is 3. The van der Waals surface area contributed by atoms with Crippen molar-refractivity contribution in [3.63, 3.8) is 0 Å². The molecule has 0 saturated carbocycles. The van der Waals surface area contributed by atoms with E-state index in [1.54, 1.807) is 51.9 Å². The highest BCUT2D eigenvalue weighted by molar-refractivity contribution is 6.20. The van der Waals surface area contributed by atoms with Crippen molar-refractivity contribution in [2.24, 2.45) is 28.8 Å². The van der Waals surface area contributed by atoms with E-state index >= 15 is 0 Å². The number of hydroxylamine groups is 3. The van der Waals surface area contributed by atoms with E-state index in [1.807, 2.05) is 0 Å². The summed E-state index contributed by atoms with van der Waals surface area (Å²) in [5, 5.41) is 78.5. The number of phenols is 3. The second-order valence-electron chi connectivity index (χ2n) is 15.7. The van der Waals surface area contributed by atoms with Crippen LogP contribution >= 0.6 is 0 Å². The second-order valence-corrected chi connectivity index (χ2v) is 15.7. The quantitative estimate of drug-likeness (QED) is 0.0619. The van der Waals surface area contributed by atoms with Crippen molar-refractivity contribution >= 4 is 40.5 Å². The molecular formula is C42H58N4O13. The Balaban J connectivity index is 1.99. The molecule has 17 nitrogen and oxygen atoms in total. The fourth-order valence-electron chi connectivity index (χ4n) is 7.56. The summed E-state index contributed by atoms with van der Waals surface area (Å²) in [6.07, 6.45) is 4.23. The average molecular weight is 827 g/mol. The molecule has 3 heterocycles. The van der Waals surface area contributed by atoms with Gasteiger partial charge < -0.3 is 59.7 Å². The van der Waals surface area contributed by atoms with Crippen molar-refractivity contribution in [1.82, 2.24) is 5.01 Å². The van der Waals surface area contributed by atoms with E-state index in [2.05, 4.69) is 10.4 Å². The van der Waals surface area contributed by atoms with Gasteiger partial charge in [0.1, 0.15) is 28.9 Å². The number of anilines is 1. The average Bonchev–Trinajstić information content (AvgIpc) is 3.19. The minimum absolute atomic E-state index is 0.00569. The Labute approximate surface area is 344 Å². The zero-order chi connectivity index (χ0) is 44.1. The van der Waals surface area contributed by atoms with Crippen LogP contribution in [0, 0.1) is 35.8 Å².